The summed E-state index contributed by atoms with van der Waals surface area (Å²) in [6.07, 6.45) is 3.80. The quantitative estimate of drug-likeness (QED) is 0.260. The highest BCUT2D eigenvalue weighted by Gasteiger charge is 2.13. The van der Waals surface area contributed by atoms with Crippen LogP contribution >= 0.6 is 0 Å². The van der Waals surface area contributed by atoms with E-state index >= 15 is 0 Å². The summed E-state index contributed by atoms with van der Waals surface area (Å²) in [6.45, 7) is 4.49. The van der Waals surface area contributed by atoms with E-state index in [4.69, 9.17) is 15.0 Å². The van der Waals surface area contributed by atoms with E-state index in [0.29, 0.717) is 30.3 Å². The summed E-state index contributed by atoms with van der Waals surface area (Å²) < 4.78 is 10.7. The molecule has 1 rings (SSSR count). The summed E-state index contributed by atoms with van der Waals surface area (Å²) in [4.78, 5) is 11.3. The molecule has 0 aliphatic carbocycles. The molecule has 0 saturated heterocycles. The highest BCUT2D eigenvalue weighted by Crippen LogP contribution is 2.15. The van der Waals surface area contributed by atoms with E-state index in [9.17, 15) is 4.79 Å². The zero-order chi connectivity index (χ0) is 12.0. The van der Waals surface area contributed by atoms with Crippen molar-refractivity contribution in [2.75, 3.05) is 6.61 Å². The average molecular weight is 224 g/mol. The third-order valence-corrected chi connectivity index (χ3v) is 2.04. The molecule has 0 bridgehead atoms. The number of nitrogen functional groups attached to an aromatic ring is 1. The van der Waals surface area contributed by atoms with Crippen LogP contribution in [-0.4, -0.2) is 12.5 Å². The lowest BCUT2D eigenvalue weighted by Crippen LogP contribution is -2.30. The number of nitrogens with one attached hydrogen (secondary N) is 1. The fraction of sp³-hybridized carbons (Fsp3) is 0.364. The maximum Gasteiger partial charge on any atom is 0.268 e. The zero-order valence-corrected chi connectivity index (χ0v) is 9.45. The van der Waals surface area contributed by atoms with E-state index < -0.39 is 0 Å². The predicted octanol–water partition coefficient (Wildman–Crippen LogP) is 1.28. The molecule has 5 heteroatoms. The number of nitrogens with two attached hydrogens (primary N) is 1. The van der Waals surface area contributed by atoms with Crippen molar-refractivity contribution in [3.8, 4) is 0 Å². The lowest BCUT2D eigenvalue weighted by atomic mass is 10.2. The second-order valence-corrected chi connectivity index (χ2v) is 3.24. The molecule has 0 spiro atoms. The molecule has 88 valence electrons. The van der Waals surface area contributed by atoms with E-state index in [2.05, 4.69) is 5.43 Å². The van der Waals surface area contributed by atoms with Gasteiger partial charge in [-0.1, -0.05) is 12.2 Å². The summed E-state index contributed by atoms with van der Waals surface area (Å²) in [5.41, 5.74) is 2.50. The molecule has 0 aliphatic heterocycles. The van der Waals surface area contributed by atoms with E-state index in [1.807, 2.05) is 19.1 Å². The van der Waals surface area contributed by atoms with Gasteiger partial charge in [-0.3, -0.25) is 10.2 Å². The fourth-order valence-corrected chi connectivity index (χ4v) is 1.24. The van der Waals surface area contributed by atoms with Gasteiger partial charge in [-0.2, -0.15) is 0 Å². The Labute approximate surface area is 94.2 Å². The van der Waals surface area contributed by atoms with E-state index in [-0.39, 0.29) is 5.91 Å². The van der Waals surface area contributed by atoms with Crippen LogP contribution in [0, 0.1) is 6.92 Å². The van der Waals surface area contributed by atoms with Crippen molar-refractivity contribution < 1.29 is 13.9 Å². The monoisotopic (exact) mass is 224 g/mol. The number of carbonyl (C=O) groups is 1. The Morgan fingerprint density at radius 3 is 3.06 bits per heavy atom. The van der Waals surface area contributed by atoms with Crippen LogP contribution in [0.25, 0.3) is 0 Å². The maximum absolute atomic E-state index is 11.3. The standard InChI is InChI=1S/C11H16N2O3/c1-3-4-5-15-7-9-6-10(8(2)16-9)11(14)13-12/h3-4,6H,5,7,12H2,1-2H3,(H,13,14). The van der Waals surface area contributed by atoms with Gasteiger partial charge in [0.1, 0.15) is 18.1 Å². The molecule has 0 fully saturated rings. The van der Waals surface area contributed by atoms with E-state index in [0.717, 1.165) is 0 Å². The van der Waals surface area contributed by atoms with Crippen molar-refractivity contribution in [3.05, 3.63) is 35.3 Å². The number of hydrazine groups is 1. The van der Waals surface area contributed by atoms with Crippen molar-refractivity contribution in [1.82, 2.24) is 5.43 Å². The van der Waals surface area contributed by atoms with Gasteiger partial charge >= 0.3 is 0 Å². The molecule has 1 aromatic heterocycles. The van der Waals surface area contributed by atoms with Gasteiger partial charge in [-0.15, -0.1) is 0 Å². The Bertz CT molecular complexity index is 383. The minimum atomic E-state index is -0.360. The van der Waals surface area contributed by atoms with Gasteiger partial charge in [0.05, 0.1) is 12.2 Å². The third kappa shape index (κ3) is 3.22. The summed E-state index contributed by atoms with van der Waals surface area (Å²) in [5, 5.41) is 0. The molecule has 3 N–H and O–H groups in total. The Hall–Kier alpha value is -1.59. The first-order valence-corrected chi connectivity index (χ1v) is 4.98. The number of allylic oxidation sites excluding steroid dienone is 1. The zero-order valence-electron chi connectivity index (χ0n) is 9.45. The molecular formula is C11H16N2O3. The number of hydrogen-bond acceptors (Lipinski definition) is 4. The van der Waals surface area contributed by atoms with Gasteiger partial charge in [0.15, 0.2) is 0 Å². The van der Waals surface area contributed by atoms with Crippen LogP contribution in [0.4, 0.5) is 0 Å². The number of rotatable bonds is 5. The normalized spacial score (nSPS) is 10.9. The Morgan fingerprint density at radius 2 is 2.44 bits per heavy atom. The average Bonchev–Trinajstić information content (AvgIpc) is 2.65. The molecular weight excluding hydrogens is 208 g/mol. The maximum atomic E-state index is 11.3. The van der Waals surface area contributed by atoms with Crippen LogP contribution < -0.4 is 11.3 Å². The molecule has 0 aromatic carbocycles. The smallest absolute Gasteiger partial charge is 0.268 e. The van der Waals surface area contributed by atoms with Crippen molar-refractivity contribution in [1.29, 1.82) is 0 Å². The molecule has 0 saturated carbocycles. The largest absolute Gasteiger partial charge is 0.463 e. The second-order valence-electron chi connectivity index (χ2n) is 3.24. The molecule has 0 radical (unpaired) electrons. The van der Waals surface area contributed by atoms with Crippen LogP contribution in [0.15, 0.2) is 22.6 Å². The first kappa shape index (κ1) is 12.5. The van der Waals surface area contributed by atoms with Crippen LogP contribution in [0.3, 0.4) is 0 Å². The van der Waals surface area contributed by atoms with Gasteiger partial charge in [-0.25, -0.2) is 5.84 Å². The number of furan rings is 1. The lowest BCUT2D eigenvalue weighted by molar-refractivity contribution is 0.0952. The molecule has 0 unspecified atom stereocenters. The van der Waals surface area contributed by atoms with Crippen LogP contribution in [-0.2, 0) is 11.3 Å². The van der Waals surface area contributed by atoms with Crippen molar-refractivity contribution in [3.63, 3.8) is 0 Å². The summed E-state index contributed by atoms with van der Waals surface area (Å²) >= 11 is 0. The summed E-state index contributed by atoms with van der Waals surface area (Å²) in [6, 6.07) is 1.63. The first-order valence-electron chi connectivity index (χ1n) is 4.98. The van der Waals surface area contributed by atoms with Crippen LogP contribution in [0.2, 0.25) is 0 Å². The van der Waals surface area contributed by atoms with E-state index in [1.54, 1.807) is 13.0 Å². The molecule has 0 atom stereocenters. The lowest BCUT2D eigenvalue weighted by Gasteiger charge is -1.96. The summed E-state index contributed by atoms with van der Waals surface area (Å²) in [7, 11) is 0. The first-order chi connectivity index (χ1) is 7.69. The van der Waals surface area contributed by atoms with Gasteiger partial charge in [0.2, 0.25) is 0 Å². The Kier molecular flexibility index (Phi) is 4.75. The van der Waals surface area contributed by atoms with E-state index in [1.165, 1.54) is 0 Å². The molecule has 0 aliphatic rings. The molecule has 5 nitrogen and oxygen atoms in total. The number of hydrogen-bond donors (Lipinski definition) is 2. The minimum absolute atomic E-state index is 0.336. The predicted molar refractivity (Wildman–Crippen MR) is 59.6 cm³/mol. The highest BCUT2D eigenvalue weighted by molar-refractivity contribution is 5.94. The Morgan fingerprint density at radius 1 is 1.69 bits per heavy atom. The van der Waals surface area contributed by atoms with Gasteiger partial charge < -0.3 is 9.15 Å². The third-order valence-electron chi connectivity index (χ3n) is 2.04. The van der Waals surface area contributed by atoms with Crippen LogP contribution in [0.5, 0.6) is 0 Å². The molecule has 1 heterocycles. The molecule has 1 aromatic rings. The minimum Gasteiger partial charge on any atom is -0.463 e. The summed E-state index contributed by atoms with van der Waals surface area (Å²) in [5.74, 6) is 5.83. The van der Waals surface area contributed by atoms with Gasteiger partial charge in [0, 0.05) is 0 Å². The fourth-order valence-electron chi connectivity index (χ4n) is 1.24. The topological polar surface area (TPSA) is 77.5 Å². The van der Waals surface area contributed by atoms with Crippen LogP contribution in [0.1, 0.15) is 28.8 Å². The second kappa shape index (κ2) is 6.09. The number of aryl methyl sites for hydroxylation is 1. The van der Waals surface area contributed by atoms with Crippen molar-refractivity contribution >= 4 is 5.91 Å². The number of amides is 1. The molecule has 16 heavy (non-hydrogen) atoms. The Balaban J connectivity index is 2.59. The SMILES string of the molecule is CC=CCOCc1cc(C(=O)NN)c(C)o1. The van der Waals surface area contributed by atoms with Gasteiger partial charge in [0.25, 0.3) is 5.91 Å². The van der Waals surface area contributed by atoms with Crippen molar-refractivity contribution in [2.24, 2.45) is 5.84 Å². The highest BCUT2D eigenvalue weighted by atomic mass is 16.5. The van der Waals surface area contributed by atoms with Gasteiger partial charge in [-0.05, 0) is 19.9 Å². The van der Waals surface area contributed by atoms with Crippen molar-refractivity contribution in [2.45, 2.75) is 20.5 Å². The number of carbonyl (C=O) groups excluding carboxylic acids is 1. The molecule has 1 amide bonds. The number of ether oxygens (including phenoxy) is 1.